The summed E-state index contributed by atoms with van der Waals surface area (Å²) in [4.78, 5) is 8.28. The minimum absolute atomic E-state index is 0.0492. The minimum Gasteiger partial charge on any atom is -0.493 e. The van der Waals surface area contributed by atoms with Gasteiger partial charge in [-0.1, -0.05) is 11.6 Å². The van der Waals surface area contributed by atoms with Crippen molar-refractivity contribution in [1.82, 2.24) is 9.97 Å². The van der Waals surface area contributed by atoms with Crippen molar-refractivity contribution < 1.29 is 9.50 Å². The molecule has 0 unspecified atom stereocenters. The quantitative estimate of drug-likeness (QED) is 0.861. The van der Waals surface area contributed by atoms with Gasteiger partial charge in [0.2, 0.25) is 5.88 Å². The fourth-order valence-electron chi connectivity index (χ4n) is 2.20. The van der Waals surface area contributed by atoms with Crippen LogP contribution in [0.1, 0.15) is 17.7 Å². The first-order valence-electron chi connectivity index (χ1n) is 5.69. The Hall–Kier alpha value is -1.68. The lowest BCUT2D eigenvalue weighted by Gasteiger charge is -2.07. The van der Waals surface area contributed by atoms with Gasteiger partial charge in [0.1, 0.15) is 5.82 Å². The summed E-state index contributed by atoms with van der Waals surface area (Å²) in [5.41, 5.74) is 1.80. The molecular formula is C13H10ClFN2O. The predicted octanol–water partition coefficient (Wildman–Crippen LogP) is 3.13. The van der Waals surface area contributed by atoms with Crippen molar-refractivity contribution in [2.45, 2.75) is 19.3 Å². The second-order valence-electron chi connectivity index (χ2n) is 4.27. The first-order chi connectivity index (χ1) is 8.65. The van der Waals surface area contributed by atoms with E-state index in [0.717, 1.165) is 30.5 Å². The molecule has 0 bridgehead atoms. The molecule has 1 aromatic carbocycles. The Bertz CT molecular complexity index is 631. The summed E-state index contributed by atoms with van der Waals surface area (Å²) in [6.45, 7) is 0. The molecule has 1 aliphatic carbocycles. The first-order valence-corrected chi connectivity index (χ1v) is 6.07. The molecule has 3 nitrogen and oxygen atoms in total. The van der Waals surface area contributed by atoms with Gasteiger partial charge in [-0.15, -0.1) is 0 Å². The van der Waals surface area contributed by atoms with Crippen LogP contribution < -0.4 is 0 Å². The molecule has 1 N–H and O–H groups in total. The fraction of sp³-hybridized carbons (Fsp3) is 0.231. The van der Waals surface area contributed by atoms with Crippen molar-refractivity contribution in [2.75, 3.05) is 0 Å². The zero-order chi connectivity index (χ0) is 12.7. The van der Waals surface area contributed by atoms with Gasteiger partial charge in [0.25, 0.3) is 0 Å². The third-order valence-electron chi connectivity index (χ3n) is 3.08. The lowest BCUT2D eigenvalue weighted by molar-refractivity contribution is 0.446. The van der Waals surface area contributed by atoms with Gasteiger partial charge >= 0.3 is 0 Å². The molecule has 2 aromatic rings. The molecule has 3 rings (SSSR count). The van der Waals surface area contributed by atoms with Crippen LogP contribution in [0.2, 0.25) is 5.02 Å². The number of aryl methyl sites for hydroxylation is 1. The summed E-state index contributed by atoms with van der Waals surface area (Å²) in [5.74, 6) is -0.309. The van der Waals surface area contributed by atoms with E-state index in [1.165, 1.54) is 18.2 Å². The SMILES string of the molecule is Oc1nc(-c2cc(Cl)ccc2F)nc2c1CCC2. The lowest BCUT2D eigenvalue weighted by atomic mass is 10.2. The number of hydrogen-bond acceptors (Lipinski definition) is 3. The number of aromatic hydroxyl groups is 1. The average molecular weight is 265 g/mol. The summed E-state index contributed by atoms with van der Waals surface area (Å²) in [6.07, 6.45) is 2.51. The average Bonchev–Trinajstić information content (AvgIpc) is 2.81. The van der Waals surface area contributed by atoms with Crippen molar-refractivity contribution in [1.29, 1.82) is 0 Å². The van der Waals surface area contributed by atoms with Crippen molar-refractivity contribution >= 4 is 11.6 Å². The molecular weight excluding hydrogens is 255 g/mol. The number of nitrogens with zero attached hydrogens (tertiary/aromatic N) is 2. The Morgan fingerprint density at radius 1 is 1.22 bits per heavy atom. The molecule has 1 aromatic heterocycles. The molecule has 0 radical (unpaired) electrons. The molecule has 0 saturated heterocycles. The second kappa shape index (κ2) is 4.21. The van der Waals surface area contributed by atoms with E-state index in [9.17, 15) is 9.50 Å². The van der Waals surface area contributed by atoms with Crippen LogP contribution in [0.4, 0.5) is 4.39 Å². The summed E-state index contributed by atoms with van der Waals surface area (Å²) >= 11 is 5.84. The van der Waals surface area contributed by atoms with Crippen LogP contribution in [-0.4, -0.2) is 15.1 Å². The lowest BCUT2D eigenvalue weighted by Crippen LogP contribution is -1.98. The molecule has 92 valence electrons. The molecule has 5 heteroatoms. The first kappa shape index (κ1) is 11.4. The standard InChI is InChI=1S/C13H10ClFN2O/c14-7-4-5-10(15)9(6-7)12-16-11-3-1-2-8(11)13(18)17-12/h4-6H,1-3H2,(H,16,17,18). The van der Waals surface area contributed by atoms with Crippen LogP contribution in [0.3, 0.4) is 0 Å². The Morgan fingerprint density at radius 2 is 2.06 bits per heavy atom. The molecule has 0 saturated carbocycles. The molecule has 1 aliphatic rings. The minimum atomic E-state index is -0.447. The maximum Gasteiger partial charge on any atom is 0.217 e. The molecule has 0 amide bonds. The van der Waals surface area contributed by atoms with E-state index < -0.39 is 5.82 Å². The summed E-state index contributed by atoms with van der Waals surface area (Å²) in [6, 6.07) is 4.20. The highest BCUT2D eigenvalue weighted by Crippen LogP contribution is 2.31. The van der Waals surface area contributed by atoms with Crippen LogP contribution >= 0.6 is 11.6 Å². The van der Waals surface area contributed by atoms with Crippen LogP contribution in [0.25, 0.3) is 11.4 Å². The topological polar surface area (TPSA) is 46.0 Å². The molecule has 18 heavy (non-hydrogen) atoms. The number of benzene rings is 1. The van der Waals surface area contributed by atoms with E-state index in [1.54, 1.807) is 0 Å². The molecule has 0 atom stereocenters. The Kier molecular flexibility index (Phi) is 2.67. The van der Waals surface area contributed by atoms with E-state index in [1.807, 2.05) is 0 Å². The Balaban J connectivity index is 2.18. The smallest absolute Gasteiger partial charge is 0.217 e. The zero-order valence-corrected chi connectivity index (χ0v) is 10.2. The van der Waals surface area contributed by atoms with Gasteiger partial charge < -0.3 is 5.11 Å². The van der Waals surface area contributed by atoms with E-state index in [-0.39, 0.29) is 17.3 Å². The molecule has 0 aliphatic heterocycles. The maximum absolute atomic E-state index is 13.7. The van der Waals surface area contributed by atoms with Crippen LogP contribution in [0, 0.1) is 5.82 Å². The summed E-state index contributed by atoms with van der Waals surface area (Å²) in [7, 11) is 0. The second-order valence-corrected chi connectivity index (χ2v) is 4.71. The van der Waals surface area contributed by atoms with Crippen LogP contribution in [0.5, 0.6) is 5.88 Å². The third kappa shape index (κ3) is 1.82. The van der Waals surface area contributed by atoms with Gasteiger partial charge in [-0.2, -0.15) is 4.98 Å². The Morgan fingerprint density at radius 3 is 2.89 bits per heavy atom. The zero-order valence-electron chi connectivity index (χ0n) is 9.45. The number of fused-ring (bicyclic) bond motifs is 1. The third-order valence-corrected chi connectivity index (χ3v) is 3.32. The Labute approximate surface area is 108 Å². The van der Waals surface area contributed by atoms with Crippen molar-refractivity contribution in [2.24, 2.45) is 0 Å². The fourth-order valence-corrected chi connectivity index (χ4v) is 2.37. The highest BCUT2D eigenvalue weighted by atomic mass is 35.5. The van der Waals surface area contributed by atoms with Gasteiger partial charge in [-0.25, -0.2) is 9.37 Å². The van der Waals surface area contributed by atoms with Gasteiger partial charge in [0.05, 0.1) is 11.3 Å². The van der Waals surface area contributed by atoms with Crippen molar-refractivity contribution in [3.05, 3.63) is 40.3 Å². The van der Waals surface area contributed by atoms with Crippen molar-refractivity contribution in [3.63, 3.8) is 0 Å². The molecule has 1 heterocycles. The molecule has 0 spiro atoms. The molecule has 0 fully saturated rings. The van der Waals surface area contributed by atoms with E-state index in [0.29, 0.717) is 5.02 Å². The summed E-state index contributed by atoms with van der Waals surface area (Å²) < 4.78 is 13.7. The normalized spacial score (nSPS) is 13.7. The number of halogens is 2. The summed E-state index contributed by atoms with van der Waals surface area (Å²) in [5, 5.41) is 10.2. The van der Waals surface area contributed by atoms with Crippen LogP contribution in [-0.2, 0) is 12.8 Å². The van der Waals surface area contributed by atoms with Gasteiger partial charge in [0.15, 0.2) is 5.82 Å². The van der Waals surface area contributed by atoms with Crippen molar-refractivity contribution in [3.8, 4) is 17.3 Å². The highest BCUT2D eigenvalue weighted by molar-refractivity contribution is 6.30. The number of rotatable bonds is 1. The highest BCUT2D eigenvalue weighted by Gasteiger charge is 2.20. The predicted molar refractivity (Wildman–Crippen MR) is 66.1 cm³/mol. The monoisotopic (exact) mass is 264 g/mol. The van der Waals surface area contributed by atoms with Gasteiger partial charge in [-0.05, 0) is 37.5 Å². The maximum atomic E-state index is 13.7. The van der Waals surface area contributed by atoms with E-state index >= 15 is 0 Å². The van der Waals surface area contributed by atoms with Gasteiger partial charge in [0, 0.05) is 10.6 Å². The van der Waals surface area contributed by atoms with Gasteiger partial charge in [-0.3, -0.25) is 0 Å². The number of aromatic nitrogens is 2. The van der Waals surface area contributed by atoms with E-state index in [2.05, 4.69) is 9.97 Å². The van der Waals surface area contributed by atoms with E-state index in [4.69, 9.17) is 11.6 Å². The largest absolute Gasteiger partial charge is 0.493 e. The number of hydrogen-bond donors (Lipinski definition) is 1. The van der Waals surface area contributed by atoms with Crippen LogP contribution in [0.15, 0.2) is 18.2 Å².